The summed E-state index contributed by atoms with van der Waals surface area (Å²) in [6.45, 7) is 5.19. The highest BCUT2D eigenvalue weighted by molar-refractivity contribution is 5.81. The third kappa shape index (κ3) is 5.27. The predicted octanol–water partition coefficient (Wildman–Crippen LogP) is 1.26. The van der Waals surface area contributed by atoms with E-state index < -0.39 is 0 Å². The second-order valence-electron chi connectivity index (χ2n) is 2.82. The van der Waals surface area contributed by atoms with Crippen LogP contribution >= 0.6 is 0 Å². The lowest BCUT2D eigenvalue weighted by atomic mass is 10.1. The Hall–Kier alpha value is -0.410. The van der Waals surface area contributed by atoms with Crippen molar-refractivity contribution in [1.82, 2.24) is 0 Å². The van der Waals surface area contributed by atoms with Gasteiger partial charge in [-0.3, -0.25) is 4.79 Å². The predicted molar refractivity (Wildman–Crippen MR) is 47.2 cm³/mol. The van der Waals surface area contributed by atoms with Gasteiger partial charge in [0, 0.05) is 13.0 Å². The van der Waals surface area contributed by atoms with Crippen molar-refractivity contribution in [3.05, 3.63) is 0 Å². The first kappa shape index (κ1) is 11.6. The van der Waals surface area contributed by atoms with Gasteiger partial charge >= 0.3 is 0 Å². The van der Waals surface area contributed by atoms with E-state index in [-0.39, 0.29) is 18.3 Å². The molecule has 0 saturated heterocycles. The zero-order valence-corrected chi connectivity index (χ0v) is 8.13. The van der Waals surface area contributed by atoms with E-state index in [9.17, 15) is 4.79 Å². The molecule has 0 saturated carbocycles. The number of Topliss-reactive ketones (excluding diaryl/α,β-unsaturated/α-hetero) is 1. The first-order valence-electron chi connectivity index (χ1n) is 4.31. The van der Waals surface area contributed by atoms with Crippen molar-refractivity contribution < 1.29 is 14.3 Å². The fraction of sp³-hybridized carbons (Fsp3) is 0.889. The molecule has 0 N–H and O–H groups in total. The SMILES string of the molecule is CCC(C)C(=O)COCCOC. The minimum Gasteiger partial charge on any atom is -0.382 e. The van der Waals surface area contributed by atoms with Gasteiger partial charge in [0.2, 0.25) is 0 Å². The lowest BCUT2D eigenvalue weighted by Gasteiger charge is -2.07. The molecule has 0 fully saturated rings. The minimum absolute atomic E-state index is 0.118. The summed E-state index contributed by atoms with van der Waals surface area (Å²) < 4.78 is 9.86. The Morgan fingerprint density at radius 1 is 1.42 bits per heavy atom. The Morgan fingerprint density at radius 2 is 2.08 bits per heavy atom. The smallest absolute Gasteiger partial charge is 0.161 e. The second kappa shape index (κ2) is 7.25. The quantitative estimate of drug-likeness (QED) is 0.545. The molecule has 0 bridgehead atoms. The van der Waals surface area contributed by atoms with Crippen molar-refractivity contribution in [3.63, 3.8) is 0 Å². The Labute approximate surface area is 74.0 Å². The topological polar surface area (TPSA) is 35.5 Å². The average molecular weight is 174 g/mol. The highest BCUT2D eigenvalue weighted by Gasteiger charge is 2.09. The molecule has 0 aliphatic heterocycles. The standard InChI is InChI=1S/C9H18O3/c1-4-8(2)9(10)7-12-6-5-11-3/h8H,4-7H2,1-3H3. The van der Waals surface area contributed by atoms with Crippen molar-refractivity contribution >= 4 is 5.78 Å². The van der Waals surface area contributed by atoms with E-state index in [2.05, 4.69) is 0 Å². The summed E-state index contributed by atoms with van der Waals surface area (Å²) in [5.41, 5.74) is 0. The summed E-state index contributed by atoms with van der Waals surface area (Å²) in [5, 5.41) is 0. The summed E-state index contributed by atoms with van der Waals surface area (Å²) >= 11 is 0. The van der Waals surface area contributed by atoms with E-state index >= 15 is 0 Å². The second-order valence-corrected chi connectivity index (χ2v) is 2.82. The molecule has 0 amide bonds. The molecule has 0 aromatic carbocycles. The van der Waals surface area contributed by atoms with Gasteiger partial charge in [-0.25, -0.2) is 0 Å². The largest absolute Gasteiger partial charge is 0.382 e. The van der Waals surface area contributed by atoms with Crippen LogP contribution in [0.3, 0.4) is 0 Å². The lowest BCUT2D eigenvalue weighted by Crippen LogP contribution is -2.18. The van der Waals surface area contributed by atoms with Gasteiger partial charge in [-0.15, -0.1) is 0 Å². The van der Waals surface area contributed by atoms with Gasteiger partial charge in [0.15, 0.2) is 5.78 Å². The van der Waals surface area contributed by atoms with Crippen LogP contribution in [0, 0.1) is 5.92 Å². The Balaban J connectivity index is 3.31. The van der Waals surface area contributed by atoms with E-state index in [0.717, 1.165) is 6.42 Å². The van der Waals surface area contributed by atoms with Crippen LogP contribution in [0.15, 0.2) is 0 Å². The van der Waals surface area contributed by atoms with Crippen LogP contribution in [0.25, 0.3) is 0 Å². The molecule has 0 radical (unpaired) electrons. The molecule has 1 atom stereocenters. The minimum atomic E-state index is 0.118. The maximum atomic E-state index is 11.2. The summed E-state index contributed by atoms with van der Waals surface area (Å²) in [7, 11) is 1.61. The van der Waals surface area contributed by atoms with Gasteiger partial charge in [0.1, 0.15) is 6.61 Å². The molecule has 0 rings (SSSR count). The van der Waals surface area contributed by atoms with Crippen molar-refractivity contribution in [2.24, 2.45) is 5.92 Å². The first-order valence-corrected chi connectivity index (χ1v) is 4.31. The van der Waals surface area contributed by atoms with Crippen LogP contribution in [0.4, 0.5) is 0 Å². The van der Waals surface area contributed by atoms with Gasteiger partial charge in [0.05, 0.1) is 13.2 Å². The lowest BCUT2D eigenvalue weighted by molar-refractivity contribution is -0.127. The monoisotopic (exact) mass is 174 g/mol. The van der Waals surface area contributed by atoms with Gasteiger partial charge in [0.25, 0.3) is 0 Å². The molecule has 0 spiro atoms. The number of ketones is 1. The fourth-order valence-electron chi connectivity index (χ4n) is 0.685. The molecule has 72 valence electrons. The number of hydrogen-bond acceptors (Lipinski definition) is 3. The summed E-state index contributed by atoms with van der Waals surface area (Å²) in [6, 6.07) is 0. The van der Waals surface area contributed by atoms with E-state index in [1.807, 2.05) is 13.8 Å². The third-order valence-electron chi connectivity index (χ3n) is 1.84. The molecule has 12 heavy (non-hydrogen) atoms. The van der Waals surface area contributed by atoms with Crippen molar-refractivity contribution in [2.45, 2.75) is 20.3 Å². The molecular weight excluding hydrogens is 156 g/mol. The van der Waals surface area contributed by atoms with Gasteiger partial charge in [-0.1, -0.05) is 13.8 Å². The molecule has 0 aromatic heterocycles. The number of hydrogen-bond donors (Lipinski definition) is 0. The van der Waals surface area contributed by atoms with Crippen LogP contribution in [-0.4, -0.2) is 32.7 Å². The summed E-state index contributed by atoms with van der Waals surface area (Å²) in [5.74, 6) is 0.293. The Morgan fingerprint density at radius 3 is 2.58 bits per heavy atom. The van der Waals surface area contributed by atoms with Gasteiger partial charge in [-0.2, -0.15) is 0 Å². The number of carbonyl (C=O) groups is 1. The Bertz CT molecular complexity index is 123. The molecule has 0 aliphatic rings. The highest BCUT2D eigenvalue weighted by Crippen LogP contribution is 2.01. The van der Waals surface area contributed by atoms with Crippen molar-refractivity contribution in [2.75, 3.05) is 26.9 Å². The first-order chi connectivity index (χ1) is 5.72. The molecule has 0 heterocycles. The van der Waals surface area contributed by atoms with Crippen LogP contribution in [0.2, 0.25) is 0 Å². The number of ether oxygens (including phenoxy) is 2. The molecule has 3 nitrogen and oxygen atoms in total. The van der Waals surface area contributed by atoms with Crippen molar-refractivity contribution in [3.8, 4) is 0 Å². The number of rotatable bonds is 7. The Kier molecular flexibility index (Phi) is 7.00. The fourth-order valence-corrected chi connectivity index (χ4v) is 0.685. The van der Waals surface area contributed by atoms with E-state index in [4.69, 9.17) is 9.47 Å². The molecular formula is C9H18O3. The van der Waals surface area contributed by atoms with Crippen LogP contribution in [0.1, 0.15) is 20.3 Å². The summed E-state index contributed by atoms with van der Waals surface area (Å²) in [4.78, 5) is 11.2. The maximum absolute atomic E-state index is 11.2. The van der Waals surface area contributed by atoms with Crippen LogP contribution in [0.5, 0.6) is 0 Å². The molecule has 3 heteroatoms. The molecule has 1 unspecified atom stereocenters. The summed E-state index contributed by atoms with van der Waals surface area (Å²) in [6.07, 6.45) is 0.881. The molecule has 0 aromatic rings. The van der Waals surface area contributed by atoms with Crippen LogP contribution in [-0.2, 0) is 14.3 Å². The van der Waals surface area contributed by atoms with Gasteiger partial charge < -0.3 is 9.47 Å². The normalized spacial score (nSPS) is 12.9. The van der Waals surface area contributed by atoms with Crippen LogP contribution < -0.4 is 0 Å². The number of carbonyl (C=O) groups excluding carboxylic acids is 1. The zero-order valence-electron chi connectivity index (χ0n) is 8.13. The average Bonchev–Trinajstić information content (AvgIpc) is 2.10. The maximum Gasteiger partial charge on any atom is 0.161 e. The van der Waals surface area contributed by atoms with E-state index in [0.29, 0.717) is 13.2 Å². The van der Waals surface area contributed by atoms with E-state index in [1.54, 1.807) is 7.11 Å². The van der Waals surface area contributed by atoms with E-state index in [1.165, 1.54) is 0 Å². The number of methoxy groups -OCH3 is 1. The molecule has 0 aliphatic carbocycles. The highest BCUT2D eigenvalue weighted by atomic mass is 16.5. The van der Waals surface area contributed by atoms with Crippen molar-refractivity contribution in [1.29, 1.82) is 0 Å². The third-order valence-corrected chi connectivity index (χ3v) is 1.84. The van der Waals surface area contributed by atoms with Gasteiger partial charge in [-0.05, 0) is 6.42 Å². The zero-order chi connectivity index (χ0) is 9.40.